The standard InChI is InChI=1S/C17H24ClN5O2/c1-4-9-23-11-13(10-20-23)21-16(24)22-17(3,5-2)12-25-15-14(18)7-6-8-19-15/h6-8,10-11H,4-5,9,12H2,1-3H3,(H2,21,22,24)/t17-/m0/s1. The van der Waals surface area contributed by atoms with Crippen molar-refractivity contribution in [3.63, 3.8) is 0 Å². The Kier molecular flexibility index (Phi) is 6.64. The van der Waals surface area contributed by atoms with Crippen LogP contribution in [0.15, 0.2) is 30.7 Å². The fourth-order valence-corrected chi connectivity index (χ4v) is 2.32. The minimum Gasteiger partial charge on any atom is -0.474 e. The summed E-state index contributed by atoms with van der Waals surface area (Å²) >= 11 is 6.04. The molecule has 25 heavy (non-hydrogen) atoms. The minimum absolute atomic E-state index is 0.253. The number of anilines is 1. The third-order valence-electron chi connectivity index (χ3n) is 3.79. The van der Waals surface area contributed by atoms with Crippen LogP contribution in [0.1, 0.15) is 33.6 Å². The second-order valence-electron chi connectivity index (χ2n) is 6.06. The molecular weight excluding hydrogens is 342 g/mol. The molecule has 0 aromatic carbocycles. The van der Waals surface area contributed by atoms with Crippen LogP contribution in [-0.4, -0.2) is 32.9 Å². The first kappa shape index (κ1) is 19.1. The summed E-state index contributed by atoms with van der Waals surface area (Å²) in [5, 5.41) is 10.4. The van der Waals surface area contributed by atoms with Crippen LogP contribution in [0.5, 0.6) is 5.88 Å². The molecule has 0 saturated carbocycles. The van der Waals surface area contributed by atoms with Crippen LogP contribution in [0.25, 0.3) is 0 Å². The molecule has 0 bridgehead atoms. The highest BCUT2D eigenvalue weighted by molar-refractivity contribution is 6.31. The van der Waals surface area contributed by atoms with Crippen molar-refractivity contribution in [2.45, 2.75) is 45.7 Å². The van der Waals surface area contributed by atoms with Gasteiger partial charge in [0, 0.05) is 18.9 Å². The fraction of sp³-hybridized carbons (Fsp3) is 0.471. The summed E-state index contributed by atoms with van der Waals surface area (Å²) in [4.78, 5) is 16.4. The van der Waals surface area contributed by atoms with Gasteiger partial charge in [0.05, 0.1) is 17.4 Å². The van der Waals surface area contributed by atoms with Crippen LogP contribution < -0.4 is 15.4 Å². The summed E-state index contributed by atoms with van der Waals surface area (Å²) in [5.74, 6) is 0.354. The van der Waals surface area contributed by atoms with E-state index in [2.05, 4.69) is 27.6 Å². The molecule has 2 aromatic heterocycles. The smallest absolute Gasteiger partial charge is 0.319 e. The summed E-state index contributed by atoms with van der Waals surface area (Å²) < 4.78 is 7.47. The zero-order valence-corrected chi connectivity index (χ0v) is 15.5. The molecule has 0 spiro atoms. The van der Waals surface area contributed by atoms with E-state index in [1.807, 2.05) is 13.8 Å². The Morgan fingerprint density at radius 1 is 1.44 bits per heavy atom. The fourth-order valence-electron chi connectivity index (χ4n) is 2.15. The van der Waals surface area contributed by atoms with E-state index in [1.54, 1.807) is 35.4 Å². The number of aromatic nitrogens is 3. The van der Waals surface area contributed by atoms with Crippen molar-refractivity contribution in [3.8, 4) is 5.88 Å². The normalized spacial score (nSPS) is 13.1. The highest BCUT2D eigenvalue weighted by Crippen LogP contribution is 2.22. The number of carbonyl (C=O) groups excluding carboxylic acids is 1. The second kappa shape index (κ2) is 8.71. The number of amides is 2. The molecule has 8 heteroatoms. The van der Waals surface area contributed by atoms with Crippen molar-refractivity contribution < 1.29 is 9.53 Å². The van der Waals surface area contributed by atoms with Crippen molar-refractivity contribution >= 4 is 23.3 Å². The topological polar surface area (TPSA) is 81.1 Å². The third kappa shape index (κ3) is 5.63. The molecule has 1 atom stereocenters. The molecule has 2 amide bonds. The first-order valence-electron chi connectivity index (χ1n) is 8.30. The van der Waals surface area contributed by atoms with Gasteiger partial charge in [-0.3, -0.25) is 4.68 Å². The number of nitrogens with one attached hydrogen (secondary N) is 2. The number of pyridine rings is 1. The summed E-state index contributed by atoms with van der Waals surface area (Å²) in [7, 11) is 0. The predicted octanol–water partition coefficient (Wildman–Crippen LogP) is 3.71. The summed E-state index contributed by atoms with van der Waals surface area (Å²) in [6.45, 7) is 7.02. The maximum atomic E-state index is 12.3. The Morgan fingerprint density at radius 2 is 2.24 bits per heavy atom. The van der Waals surface area contributed by atoms with Crippen molar-refractivity contribution in [1.82, 2.24) is 20.1 Å². The Bertz CT molecular complexity index is 706. The van der Waals surface area contributed by atoms with Crippen LogP contribution in [0, 0.1) is 0 Å². The van der Waals surface area contributed by atoms with E-state index >= 15 is 0 Å². The van der Waals surface area contributed by atoms with Crippen LogP contribution >= 0.6 is 11.6 Å². The van der Waals surface area contributed by atoms with Crippen molar-refractivity contribution in [2.24, 2.45) is 0 Å². The molecule has 0 fully saturated rings. The number of aryl methyl sites for hydroxylation is 1. The highest BCUT2D eigenvalue weighted by atomic mass is 35.5. The van der Waals surface area contributed by atoms with E-state index < -0.39 is 5.54 Å². The molecule has 0 unspecified atom stereocenters. The predicted molar refractivity (Wildman–Crippen MR) is 98.1 cm³/mol. The molecule has 136 valence electrons. The number of carbonyl (C=O) groups is 1. The van der Waals surface area contributed by atoms with E-state index in [9.17, 15) is 4.79 Å². The maximum Gasteiger partial charge on any atom is 0.319 e. The molecule has 0 aliphatic rings. The number of halogens is 1. The Hall–Kier alpha value is -2.28. The lowest BCUT2D eigenvalue weighted by Gasteiger charge is -2.29. The van der Waals surface area contributed by atoms with Crippen molar-refractivity contribution in [2.75, 3.05) is 11.9 Å². The van der Waals surface area contributed by atoms with Gasteiger partial charge in [0.25, 0.3) is 0 Å². The average molecular weight is 366 g/mol. The van der Waals surface area contributed by atoms with Gasteiger partial charge in [-0.05, 0) is 31.9 Å². The van der Waals surface area contributed by atoms with Crippen LogP contribution in [0.4, 0.5) is 10.5 Å². The van der Waals surface area contributed by atoms with E-state index in [-0.39, 0.29) is 12.6 Å². The quantitative estimate of drug-likeness (QED) is 0.747. The molecule has 2 rings (SSSR count). The Labute approximate surface area is 152 Å². The molecule has 0 radical (unpaired) electrons. The highest BCUT2D eigenvalue weighted by Gasteiger charge is 2.26. The number of hydrogen-bond donors (Lipinski definition) is 2. The zero-order valence-electron chi connectivity index (χ0n) is 14.8. The molecule has 0 aliphatic heterocycles. The molecule has 0 aliphatic carbocycles. The van der Waals surface area contributed by atoms with Crippen LogP contribution in [0.2, 0.25) is 5.02 Å². The van der Waals surface area contributed by atoms with Gasteiger partial charge in [0.2, 0.25) is 5.88 Å². The number of ether oxygens (including phenoxy) is 1. The monoisotopic (exact) mass is 365 g/mol. The van der Waals surface area contributed by atoms with Gasteiger partial charge in [0.1, 0.15) is 11.6 Å². The number of urea groups is 1. The van der Waals surface area contributed by atoms with Gasteiger partial charge in [-0.15, -0.1) is 0 Å². The van der Waals surface area contributed by atoms with Gasteiger partial charge >= 0.3 is 6.03 Å². The van der Waals surface area contributed by atoms with Gasteiger partial charge in [-0.1, -0.05) is 25.4 Å². The summed E-state index contributed by atoms with van der Waals surface area (Å²) in [5.41, 5.74) is 0.0859. The first-order valence-corrected chi connectivity index (χ1v) is 8.68. The van der Waals surface area contributed by atoms with Gasteiger partial charge in [-0.25, -0.2) is 9.78 Å². The van der Waals surface area contributed by atoms with E-state index in [4.69, 9.17) is 16.3 Å². The van der Waals surface area contributed by atoms with Crippen LogP contribution in [0.3, 0.4) is 0 Å². The van der Waals surface area contributed by atoms with Crippen molar-refractivity contribution in [3.05, 3.63) is 35.7 Å². The van der Waals surface area contributed by atoms with Gasteiger partial charge in [-0.2, -0.15) is 5.10 Å². The largest absolute Gasteiger partial charge is 0.474 e. The number of rotatable bonds is 8. The first-order chi connectivity index (χ1) is 12.0. The molecule has 2 N–H and O–H groups in total. The molecular formula is C17H24ClN5O2. The van der Waals surface area contributed by atoms with Crippen LogP contribution in [-0.2, 0) is 6.54 Å². The van der Waals surface area contributed by atoms with Crippen molar-refractivity contribution in [1.29, 1.82) is 0 Å². The lowest BCUT2D eigenvalue weighted by molar-refractivity contribution is 0.183. The Morgan fingerprint density at radius 3 is 2.92 bits per heavy atom. The second-order valence-corrected chi connectivity index (χ2v) is 6.47. The average Bonchev–Trinajstić information content (AvgIpc) is 3.01. The number of nitrogens with zero attached hydrogens (tertiary/aromatic N) is 3. The lowest BCUT2D eigenvalue weighted by atomic mass is 10.0. The van der Waals surface area contributed by atoms with Gasteiger partial charge in [0.15, 0.2) is 0 Å². The zero-order chi connectivity index (χ0) is 18.3. The molecule has 7 nitrogen and oxygen atoms in total. The maximum absolute atomic E-state index is 12.3. The summed E-state index contributed by atoms with van der Waals surface area (Å²) in [6, 6.07) is 3.14. The Balaban J connectivity index is 1.92. The third-order valence-corrected chi connectivity index (χ3v) is 4.08. The molecule has 2 heterocycles. The lowest BCUT2D eigenvalue weighted by Crippen LogP contribution is -2.51. The van der Waals surface area contributed by atoms with E-state index in [1.165, 1.54) is 0 Å². The molecule has 2 aromatic rings. The molecule has 0 saturated heterocycles. The van der Waals surface area contributed by atoms with E-state index in [0.29, 0.717) is 23.0 Å². The minimum atomic E-state index is -0.565. The SMILES string of the molecule is CCCn1cc(NC(=O)N[C@@](C)(CC)COc2ncccc2Cl)cn1. The summed E-state index contributed by atoms with van der Waals surface area (Å²) in [6.07, 6.45) is 6.70. The number of hydrogen-bond acceptors (Lipinski definition) is 4. The van der Waals surface area contributed by atoms with E-state index in [0.717, 1.165) is 13.0 Å². The van der Waals surface area contributed by atoms with Gasteiger partial charge < -0.3 is 15.4 Å².